The zero-order chi connectivity index (χ0) is 26.6. The first-order valence-corrected chi connectivity index (χ1v) is 15.3. The van der Waals surface area contributed by atoms with E-state index in [0.29, 0.717) is 27.5 Å². The molecule has 1 heterocycles. The first-order chi connectivity index (χ1) is 17.5. The molecule has 3 aromatic carbocycles. The number of carbonyl (C=O) groups is 1. The Labute approximate surface area is 223 Å². The number of thiazole rings is 1. The van der Waals surface area contributed by atoms with Gasteiger partial charge in [-0.2, -0.15) is 0 Å². The zero-order valence-corrected chi connectivity index (χ0v) is 22.5. The van der Waals surface area contributed by atoms with Crippen LogP contribution in [0.25, 0.3) is 0 Å². The van der Waals surface area contributed by atoms with Crippen LogP contribution in [0.1, 0.15) is 15.9 Å². The van der Waals surface area contributed by atoms with Crippen LogP contribution in [0, 0.1) is 0 Å². The molecule has 0 radical (unpaired) electrons. The monoisotopic (exact) mass is 576 g/mol. The summed E-state index contributed by atoms with van der Waals surface area (Å²) in [4.78, 5) is 16.6. The topological polar surface area (TPSA) is 126 Å². The third kappa shape index (κ3) is 6.86. The number of hydrogen-bond acceptors (Lipinski definition) is 7. The highest BCUT2D eigenvalue weighted by Crippen LogP contribution is 2.24. The summed E-state index contributed by atoms with van der Waals surface area (Å²) >= 11 is 7.18. The maximum absolute atomic E-state index is 12.7. The number of amides is 1. The van der Waals surface area contributed by atoms with E-state index in [4.69, 9.17) is 11.6 Å². The van der Waals surface area contributed by atoms with Crippen LogP contribution in [0.15, 0.2) is 89.3 Å². The number of benzene rings is 3. The molecule has 2 N–H and O–H groups in total. The quantitative estimate of drug-likeness (QED) is 0.294. The van der Waals surface area contributed by atoms with Crippen LogP contribution in [0.2, 0.25) is 5.02 Å². The van der Waals surface area contributed by atoms with Gasteiger partial charge in [0.1, 0.15) is 0 Å². The van der Waals surface area contributed by atoms with Crippen molar-refractivity contribution in [2.75, 3.05) is 20.6 Å². The SMILES string of the molecule is CS(=O)(=O)N(Cc1ccc(C(=O)Nc2ccc(S(=O)(=O)Nc3nccs3)cc2)cc1)c1cccc(Cl)c1. The van der Waals surface area contributed by atoms with Crippen molar-refractivity contribution < 1.29 is 21.6 Å². The number of hydrogen-bond donors (Lipinski definition) is 2. The second-order valence-electron chi connectivity index (χ2n) is 7.87. The maximum atomic E-state index is 12.7. The number of aromatic nitrogens is 1. The van der Waals surface area contributed by atoms with Crippen LogP contribution in [0.4, 0.5) is 16.5 Å². The van der Waals surface area contributed by atoms with Gasteiger partial charge in [-0.3, -0.25) is 13.8 Å². The lowest BCUT2D eigenvalue weighted by atomic mass is 10.1. The van der Waals surface area contributed by atoms with E-state index in [1.54, 1.807) is 53.9 Å². The molecule has 0 aliphatic rings. The molecule has 0 unspecified atom stereocenters. The molecule has 0 saturated heterocycles. The Morgan fingerprint density at radius 2 is 1.70 bits per heavy atom. The summed E-state index contributed by atoms with van der Waals surface area (Å²) in [5.74, 6) is -0.405. The highest BCUT2D eigenvalue weighted by Gasteiger charge is 2.19. The molecule has 0 spiro atoms. The summed E-state index contributed by atoms with van der Waals surface area (Å²) in [5.41, 5.74) is 1.86. The molecule has 0 bridgehead atoms. The molecule has 13 heteroatoms. The second-order valence-corrected chi connectivity index (χ2v) is 12.8. The van der Waals surface area contributed by atoms with E-state index in [1.807, 2.05) is 0 Å². The van der Waals surface area contributed by atoms with Gasteiger partial charge in [-0.05, 0) is 60.2 Å². The Balaban J connectivity index is 1.43. The van der Waals surface area contributed by atoms with E-state index >= 15 is 0 Å². The molecule has 37 heavy (non-hydrogen) atoms. The fourth-order valence-electron chi connectivity index (χ4n) is 3.33. The number of sulfonamides is 2. The van der Waals surface area contributed by atoms with Gasteiger partial charge in [0.2, 0.25) is 10.0 Å². The van der Waals surface area contributed by atoms with Gasteiger partial charge in [-0.1, -0.05) is 29.8 Å². The number of halogens is 1. The van der Waals surface area contributed by atoms with Crippen LogP contribution in [-0.2, 0) is 26.6 Å². The average molecular weight is 577 g/mol. The summed E-state index contributed by atoms with van der Waals surface area (Å²) in [5, 5.41) is 5.04. The number of anilines is 3. The summed E-state index contributed by atoms with van der Waals surface area (Å²) in [7, 11) is -7.38. The summed E-state index contributed by atoms with van der Waals surface area (Å²) in [6.45, 7) is 0.0615. The Morgan fingerprint density at radius 1 is 1.00 bits per heavy atom. The largest absolute Gasteiger partial charge is 0.322 e. The van der Waals surface area contributed by atoms with Crippen LogP contribution < -0.4 is 14.3 Å². The van der Waals surface area contributed by atoms with Crippen LogP contribution >= 0.6 is 22.9 Å². The van der Waals surface area contributed by atoms with E-state index in [2.05, 4.69) is 15.0 Å². The molecular formula is C24H21ClN4O5S3. The van der Waals surface area contributed by atoms with Crippen molar-refractivity contribution in [2.24, 2.45) is 0 Å². The van der Waals surface area contributed by atoms with E-state index in [0.717, 1.165) is 17.6 Å². The predicted molar refractivity (Wildman–Crippen MR) is 146 cm³/mol. The van der Waals surface area contributed by atoms with Gasteiger partial charge in [0, 0.05) is 27.9 Å². The van der Waals surface area contributed by atoms with Gasteiger partial charge < -0.3 is 5.32 Å². The lowest BCUT2D eigenvalue weighted by Crippen LogP contribution is -2.29. The molecule has 4 rings (SSSR count). The molecule has 1 amide bonds. The number of nitrogens with one attached hydrogen (secondary N) is 2. The van der Waals surface area contributed by atoms with Gasteiger partial charge >= 0.3 is 0 Å². The van der Waals surface area contributed by atoms with Crippen LogP contribution in [0.5, 0.6) is 0 Å². The standard InChI is InChI=1S/C24H21ClN4O5S3/c1-36(31,32)29(21-4-2-3-19(25)15-21)16-17-5-7-18(8-6-17)23(30)27-20-9-11-22(12-10-20)37(33,34)28-24-26-13-14-35-24/h2-15H,16H2,1H3,(H,26,28)(H,27,30). The Bertz CT molecular complexity index is 1610. The fourth-order valence-corrected chi connectivity index (χ4v) is 6.18. The molecular weight excluding hydrogens is 556 g/mol. The van der Waals surface area contributed by atoms with E-state index < -0.39 is 26.0 Å². The highest BCUT2D eigenvalue weighted by molar-refractivity contribution is 7.93. The Morgan fingerprint density at radius 3 is 2.30 bits per heavy atom. The third-order valence-corrected chi connectivity index (χ3v) is 8.66. The minimum absolute atomic E-state index is 0.0280. The van der Waals surface area contributed by atoms with Crippen molar-refractivity contribution in [3.8, 4) is 0 Å². The Kier molecular flexibility index (Phi) is 7.83. The van der Waals surface area contributed by atoms with Crippen molar-refractivity contribution in [3.63, 3.8) is 0 Å². The van der Waals surface area contributed by atoms with Gasteiger partial charge in [0.15, 0.2) is 5.13 Å². The minimum Gasteiger partial charge on any atom is -0.322 e. The van der Waals surface area contributed by atoms with Crippen molar-refractivity contribution in [3.05, 3.63) is 101 Å². The van der Waals surface area contributed by atoms with Crippen LogP contribution in [0.3, 0.4) is 0 Å². The van der Waals surface area contributed by atoms with Gasteiger partial charge in [-0.15, -0.1) is 11.3 Å². The molecule has 0 aliphatic carbocycles. The third-order valence-electron chi connectivity index (χ3n) is 5.12. The smallest absolute Gasteiger partial charge is 0.263 e. The van der Waals surface area contributed by atoms with Crippen molar-refractivity contribution >= 4 is 65.4 Å². The van der Waals surface area contributed by atoms with E-state index in [1.165, 1.54) is 34.8 Å². The van der Waals surface area contributed by atoms with Crippen LogP contribution in [-0.4, -0.2) is 34.0 Å². The van der Waals surface area contributed by atoms with Crippen molar-refractivity contribution in [1.29, 1.82) is 0 Å². The predicted octanol–water partition coefficient (Wildman–Crippen LogP) is 4.82. The van der Waals surface area contributed by atoms with Crippen molar-refractivity contribution in [1.82, 2.24) is 4.98 Å². The molecule has 0 aliphatic heterocycles. The van der Waals surface area contributed by atoms with Gasteiger partial charge in [0.25, 0.3) is 15.9 Å². The van der Waals surface area contributed by atoms with Gasteiger partial charge in [-0.25, -0.2) is 21.8 Å². The molecule has 9 nitrogen and oxygen atoms in total. The maximum Gasteiger partial charge on any atom is 0.263 e. The molecule has 0 fully saturated rings. The minimum atomic E-state index is -3.80. The van der Waals surface area contributed by atoms with Gasteiger partial charge in [0.05, 0.1) is 23.4 Å². The number of rotatable bonds is 9. The number of carbonyl (C=O) groups excluding carboxylic acids is 1. The molecule has 192 valence electrons. The fraction of sp³-hybridized carbons (Fsp3) is 0.0833. The molecule has 4 aromatic rings. The summed E-state index contributed by atoms with van der Waals surface area (Å²) in [6, 6.07) is 18.8. The second kappa shape index (κ2) is 10.9. The summed E-state index contributed by atoms with van der Waals surface area (Å²) in [6.07, 6.45) is 2.61. The molecule has 0 saturated carbocycles. The normalized spacial score (nSPS) is 11.6. The lowest BCUT2D eigenvalue weighted by molar-refractivity contribution is 0.102. The highest BCUT2D eigenvalue weighted by atomic mass is 35.5. The first kappa shape index (κ1) is 26.6. The number of nitrogens with zero attached hydrogens (tertiary/aromatic N) is 2. The molecule has 0 atom stereocenters. The van der Waals surface area contributed by atoms with Crippen molar-refractivity contribution in [2.45, 2.75) is 11.4 Å². The summed E-state index contributed by atoms with van der Waals surface area (Å²) < 4.78 is 53.3. The van der Waals surface area contributed by atoms with E-state index in [-0.39, 0.29) is 16.6 Å². The lowest BCUT2D eigenvalue weighted by Gasteiger charge is -2.22. The average Bonchev–Trinajstić information content (AvgIpc) is 3.35. The van der Waals surface area contributed by atoms with E-state index in [9.17, 15) is 21.6 Å². The molecule has 1 aromatic heterocycles. The first-order valence-electron chi connectivity index (χ1n) is 10.7. The zero-order valence-electron chi connectivity index (χ0n) is 19.3. The Hall–Kier alpha value is -3.45.